The number of carbonyl (C=O) groups excluding carboxylic acids is 3. The van der Waals surface area contributed by atoms with Crippen molar-refractivity contribution >= 4 is 29.0 Å². The number of nitrogens with zero attached hydrogens (tertiary/aromatic N) is 4. The van der Waals surface area contributed by atoms with Crippen molar-refractivity contribution < 1.29 is 14.4 Å². The quantitative estimate of drug-likeness (QED) is 0.149. The van der Waals surface area contributed by atoms with Crippen LogP contribution < -0.4 is 5.32 Å². The maximum absolute atomic E-state index is 14.0. The van der Waals surface area contributed by atoms with E-state index in [4.69, 9.17) is 4.98 Å². The van der Waals surface area contributed by atoms with Gasteiger partial charge >= 0.3 is 0 Å². The van der Waals surface area contributed by atoms with Crippen LogP contribution in [0.2, 0.25) is 0 Å². The molecule has 3 fully saturated rings. The van der Waals surface area contributed by atoms with E-state index >= 15 is 0 Å². The summed E-state index contributed by atoms with van der Waals surface area (Å²) in [5.41, 5.74) is 4.29. The van der Waals surface area contributed by atoms with Crippen LogP contribution in [0.4, 0.5) is 0 Å². The molecule has 2 aromatic heterocycles. The third kappa shape index (κ3) is 6.32. The minimum Gasteiger partial charge on any atom is -0.340 e. The Morgan fingerprint density at radius 1 is 0.837 bits per heavy atom. The lowest BCUT2D eigenvalue weighted by atomic mass is 10.0. The summed E-state index contributed by atoms with van der Waals surface area (Å²) in [5, 5.41) is 5.19. The number of benzene rings is 3. The van der Waals surface area contributed by atoms with Crippen LogP contribution in [-0.2, 0) is 14.4 Å². The highest BCUT2D eigenvalue weighted by molar-refractivity contribution is 5.91. The summed E-state index contributed by atoms with van der Waals surface area (Å²) in [7, 11) is 0. The van der Waals surface area contributed by atoms with E-state index in [0.717, 1.165) is 102 Å². The van der Waals surface area contributed by atoms with E-state index in [-0.39, 0.29) is 29.8 Å². The Balaban J connectivity index is 0.976. The van der Waals surface area contributed by atoms with Crippen molar-refractivity contribution in [3.8, 4) is 23.1 Å². The molecule has 3 unspecified atom stereocenters. The number of nitrogens with one attached hydrogen (secondary N) is 3. The molecule has 3 aliphatic rings. The van der Waals surface area contributed by atoms with Gasteiger partial charge in [0, 0.05) is 30.1 Å². The van der Waals surface area contributed by atoms with Gasteiger partial charge in [0.05, 0.1) is 30.2 Å². The highest BCUT2D eigenvalue weighted by Gasteiger charge is 2.39. The van der Waals surface area contributed by atoms with Crippen molar-refractivity contribution in [1.82, 2.24) is 35.1 Å². The summed E-state index contributed by atoms with van der Waals surface area (Å²) in [6, 6.07) is 21.0. The van der Waals surface area contributed by atoms with Crippen molar-refractivity contribution in [3.05, 3.63) is 108 Å². The van der Waals surface area contributed by atoms with Gasteiger partial charge in [0.1, 0.15) is 23.4 Å². The maximum atomic E-state index is 14.0. The van der Waals surface area contributed by atoms with Crippen molar-refractivity contribution in [2.24, 2.45) is 5.92 Å². The normalized spacial score (nSPS) is 19.4. The molecule has 49 heavy (non-hydrogen) atoms. The molecule has 2 aliphatic heterocycles. The van der Waals surface area contributed by atoms with Crippen LogP contribution in [0.1, 0.15) is 85.1 Å². The molecule has 4 heterocycles. The number of aromatic nitrogens is 4. The molecule has 1 aliphatic carbocycles. The molecule has 5 aromatic rings. The lowest BCUT2D eigenvalue weighted by molar-refractivity contribution is -0.137. The predicted molar refractivity (Wildman–Crippen MR) is 185 cm³/mol. The Morgan fingerprint density at radius 2 is 1.59 bits per heavy atom. The lowest BCUT2D eigenvalue weighted by Gasteiger charge is -2.28. The van der Waals surface area contributed by atoms with Crippen LogP contribution in [0, 0.1) is 17.8 Å². The number of hydrogen-bond acceptors (Lipinski definition) is 5. The summed E-state index contributed by atoms with van der Waals surface area (Å²) in [4.78, 5) is 57.7. The highest BCUT2D eigenvalue weighted by atomic mass is 16.2. The molecule has 1 saturated carbocycles. The number of aromatic amines is 2. The summed E-state index contributed by atoms with van der Waals surface area (Å²) in [5.74, 6) is 7.81. The van der Waals surface area contributed by atoms with E-state index in [1.54, 1.807) is 11.1 Å². The van der Waals surface area contributed by atoms with E-state index in [9.17, 15) is 14.4 Å². The molecule has 3 N–H and O–H groups in total. The number of imidazole rings is 2. The number of likely N-dealkylation sites (tertiary alicyclic amines) is 2. The van der Waals surface area contributed by atoms with E-state index in [1.165, 1.54) is 0 Å². The second-order valence-corrected chi connectivity index (χ2v) is 13.2. The average Bonchev–Trinajstić information content (AvgIpc) is 3.57. The van der Waals surface area contributed by atoms with Gasteiger partial charge in [0.15, 0.2) is 0 Å². The molecule has 3 atom stereocenters. The topological polar surface area (TPSA) is 127 Å². The third-order valence-corrected chi connectivity index (χ3v) is 9.90. The Labute approximate surface area is 284 Å². The predicted octanol–water partition coefficient (Wildman–Crippen LogP) is 5.58. The van der Waals surface area contributed by atoms with Gasteiger partial charge < -0.3 is 25.1 Å². The Hall–Kier alpha value is -5.69. The van der Waals surface area contributed by atoms with E-state index in [0.29, 0.717) is 6.54 Å². The first-order chi connectivity index (χ1) is 24.0. The van der Waals surface area contributed by atoms with Gasteiger partial charge in [-0.05, 0) is 79.0 Å². The highest BCUT2D eigenvalue weighted by Crippen LogP contribution is 2.36. The standard InChI is InChI=1S/C39H37N7O3/c47-24-45-18-4-8-33(45)36-40-22-31(42-36)17-11-25-10-12-29-21-30(16-15-28(29)20-25)32-23-41-37(43-32)34-9-5-19-46(34)39(49)35(26-6-2-1-3-7-26)44-38(48)27-13-14-27/h1-3,6-7,10,12,15-16,20-24,27,33-35H,4-5,8-9,13-14,18-19H2,(H,40,42)(H,41,43)(H,44,48). The van der Waals surface area contributed by atoms with Crippen molar-refractivity contribution in [1.29, 1.82) is 0 Å². The van der Waals surface area contributed by atoms with E-state index in [2.05, 4.69) is 62.4 Å². The molecular formula is C39H37N7O3. The summed E-state index contributed by atoms with van der Waals surface area (Å²) in [6.45, 7) is 1.37. The molecule has 8 rings (SSSR count). The van der Waals surface area contributed by atoms with E-state index in [1.807, 2.05) is 47.5 Å². The zero-order valence-corrected chi connectivity index (χ0v) is 27.1. The first-order valence-corrected chi connectivity index (χ1v) is 17.1. The van der Waals surface area contributed by atoms with Crippen molar-refractivity contribution in [3.63, 3.8) is 0 Å². The van der Waals surface area contributed by atoms with Crippen molar-refractivity contribution in [2.45, 2.75) is 56.7 Å². The van der Waals surface area contributed by atoms with Crippen LogP contribution in [-0.4, -0.2) is 61.0 Å². The fourth-order valence-corrected chi connectivity index (χ4v) is 7.08. The van der Waals surface area contributed by atoms with Gasteiger partial charge in [-0.1, -0.05) is 54.5 Å². The monoisotopic (exact) mass is 651 g/mol. The molecular weight excluding hydrogens is 614 g/mol. The number of fused-ring (bicyclic) bond motifs is 1. The molecule has 3 amide bonds. The summed E-state index contributed by atoms with van der Waals surface area (Å²) < 4.78 is 0. The molecule has 3 aromatic carbocycles. The number of hydrogen-bond donors (Lipinski definition) is 3. The molecule has 246 valence electrons. The summed E-state index contributed by atoms with van der Waals surface area (Å²) >= 11 is 0. The second-order valence-electron chi connectivity index (χ2n) is 13.2. The van der Waals surface area contributed by atoms with Gasteiger partial charge in [-0.3, -0.25) is 14.4 Å². The lowest BCUT2D eigenvalue weighted by Crippen LogP contribution is -2.43. The third-order valence-electron chi connectivity index (χ3n) is 9.90. The SMILES string of the molecule is O=CN1CCCC1c1ncc(C#Cc2ccc3cc(-c4cnc(C5CCCN5C(=O)C(NC(=O)C5CC5)c5ccccc5)[nH]4)ccc3c2)[nH]1. The molecule has 2 saturated heterocycles. The summed E-state index contributed by atoms with van der Waals surface area (Å²) in [6.07, 6.45) is 9.76. The number of carbonyl (C=O) groups is 3. The minimum atomic E-state index is -0.720. The minimum absolute atomic E-state index is 0.00805. The van der Waals surface area contributed by atoms with Crippen LogP contribution in [0.5, 0.6) is 0 Å². The number of rotatable bonds is 8. The number of H-pyrrole nitrogens is 2. The molecule has 0 bridgehead atoms. The Bertz CT molecular complexity index is 2090. The van der Waals surface area contributed by atoms with Gasteiger partial charge in [-0.2, -0.15) is 0 Å². The first kappa shape index (κ1) is 30.6. The van der Waals surface area contributed by atoms with Gasteiger partial charge in [-0.15, -0.1) is 0 Å². The fourth-order valence-electron chi connectivity index (χ4n) is 7.08. The van der Waals surface area contributed by atoms with Crippen molar-refractivity contribution in [2.75, 3.05) is 13.1 Å². The van der Waals surface area contributed by atoms with Crippen LogP contribution in [0.25, 0.3) is 22.0 Å². The zero-order valence-electron chi connectivity index (χ0n) is 27.1. The van der Waals surface area contributed by atoms with Crippen LogP contribution in [0.3, 0.4) is 0 Å². The average molecular weight is 652 g/mol. The molecule has 10 nitrogen and oxygen atoms in total. The van der Waals surface area contributed by atoms with E-state index < -0.39 is 6.04 Å². The molecule has 10 heteroatoms. The Kier molecular flexibility index (Phi) is 8.17. The van der Waals surface area contributed by atoms with Crippen LogP contribution in [0.15, 0.2) is 79.1 Å². The molecule has 0 radical (unpaired) electrons. The Morgan fingerprint density at radius 3 is 2.43 bits per heavy atom. The van der Waals surface area contributed by atoms with Gasteiger partial charge in [-0.25, -0.2) is 9.97 Å². The van der Waals surface area contributed by atoms with Crippen LogP contribution >= 0.6 is 0 Å². The molecule has 0 spiro atoms. The van der Waals surface area contributed by atoms with Gasteiger partial charge in [0.25, 0.3) is 0 Å². The van der Waals surface area contributed by atoms with Gasteiger partial charge in [0.2, 0.25) is 18.2 Å². The second kappa shape index (κ2) is 13.1. The zero-order chi connectivity index (χ0) is 33.3. The largest absolute Gasteiger partial charge is 0.340 e. The smallest absolute Gasteiger partial charge is 0.250 e. The fraction of sp³-hybridized carbons (Fsp3) is 0.308. The number of amides is 3. The maximum Gasteiger partial charge on any atom is 0.250 e. The first-order valence-electron chi connectivity index (χ1n) is 17.1.